The minimum atomic E-state index is -2.86. The van der Waals surface area contributed by atoms with Gasteiger partial charge in [-0.25, -0.2) is 4.68 Å². The number of benzene rings is 1. The number of methoxy groups -OCH3 is 1. The second-order valence-corrected chi connectivity index (χ2v) is 10.1. The molecule has 4 heterocycles. The summed E-state index contributed by atoms with van der Waals surface area (Å²) >= 11 is 0. The normalized spacial score (nSPS) is 25.0. The Morgan fingerprint density at radius 2 is 1.81 bits per heavy atom. The quantitative estimate of drug-likeness (QED) is 0.623. The molecule has 2 bridgehead atoms. The molecule has 0 spiro atoms. The van der Waals surface area contributed by atoms with Crippen LogP contribution in [-0.2, 0) is 4.79 Å². The number of piperazine rings is 1. The van der Waals surface area contributed by atoms with Gasteiger partial charge in [0.1, 0.15) is 5.75 Å². The zero-order valence-electron chi connectivity index (χ0n) is 20.8. The minimum absolute atomic E-state index is 0.00430. The smallest absolute Gasteiger partial charge is 0.333 e. The fourth-order valence-electron chi connectivity index (χ4n) is 6.11. The number of hydrogen-bond acceptors (Lipinski definition) is 6. The summed E-state index contributed by atoms with van der Waals surface area (Å²) in [6.45, 7) is 4.14. The molecular weight excluding hydrogens is 470 g/mol. The third kappa shape index (κ3) is 4.90. The van der Waals surface area contributed by atoms with E-state index in [4.69, 9.17) is 4.74 Å². The van der Waals surface area contributed by atoms with Crippen LogP contribution in [0, 0.1) is 0 Å². The molecule has 0 aliphatic carbocycles. The van der Waals surface area contributed by atoms with E-state index in [1.165, 1.54) is 13.2 Å². The number of aromatic nitrogens is 2. The average Bonchev–Trinajstić information content (AvgIpc) is 3.36. The van der Waals surface area contributed by atoms with E-state index in [-0.39, 0.29) is 23.2 Å². The minimum Gasteiger partial charge on any atom is -0.497 e. The summed E-state index contributed by atoms with van der Waals surface area (Å²) in [5.41, 5.74) is 0.195. The van der Waals surface area contributed by atoms with Crippen molar-refractivity contribution in [1.29, 1.82) is 0 Å². The predicted octanol–water partition coefficient (Wildman–Crippen LogP) is 2.33. The first-order chi connectivity index (χ1) is 17.3. The van der Waals surface area contributed by atoms with Gasteiger partial charge in [-0.05, 0) is 37.8 Å². The van der Waals surface area contributed by atoms with E-state index in [0.29, 0.717) is 27.9 Å². The van der Waals surface area contributed by atoms with E-state index in [2.05, 4.69) is 20.2 Å². The van der Waals surface area contributed by atoms with Gasteiger partial charge in [0.05, 0.1) is 12.6 Å². The molecule has 0 unspecified atom stereocenters. The molecule has 0 radical (unpaired) electrons. The Balaban J connectivity index is 1.19. The zero-order valence-corrected chi connectivity index (χ0v) is 20.8. The summed E-state index contributed by atoms with van der Waals surface area (Å²) < 4.78 is 32.9. The topological polar surface area (TPSA) is 82.9 Å². The number of carbonyl (C=O) groups excluding carboxylic acids is 2. The monoisotopic (exact) mass is 504 g/mol. The van der Waals surface area contributed by atoms with Crippen LogP contribution < -0.4 is 10.1 Å². The molecule has 11 heteroatoms. The molecule has 1 N–H and O–H groups in total. The van der Waals surface area contributed by atoms with E-state index in [9.17, 15) is 18.4 Å². The van der Waals surface area contributed by atoms with Crippen LogP contribution in [0.5, 0.6) is 5.75 Å². The van der Waals surface area contributed by atoms with E-state index >= 15 is 0 Å². The molecule has 36 heavy (non-hydrogen) atoms. The van der Waals surface area contributed by atoms with Crippen LogP contribution in [0.3, 0.4) is 0 Å². The molecule has 3 atom stereocenters. The largest absolute Gasteiger partial charge is 0.497 e. The van der Waals surface area contributed by atoms with E-state index in [1.54, 1.807) is 19.1 Å². The number of carbonyl (C=O) groups is 2. The van der Waals surface area contributed by atoms with Crippen molar-refractivity contribution in [3.8, 4) is 5.75 Å². The summed E-state index contributed by atoms with van der Waals surface area (Å²) in [5, 5.41) is 7.43. The summed E-state index contributed by atoms with van der Waals surface area (Å²) in [4.78, 5) is 31.6. The first-order valence-electron chi connectivity index (χ1n) is 12.7. The van der Waals surface area contributed by atoms with Crippen LogP contribution in [-0.4, -0.2) is 101 Å². The third-order valence-electron chi connectivity index (χ3n) is 8.03. The number of nitrogens with zero attached hydrogens (tertiary/aromatic N) is 5. The maximum Gasteiger partial charge on any atom is 0.333 e. The van der Waals surface area contributed by atoms with Crippen LogP contribution in [0.25, 0.3) is 10.9 Å². The van der Waals surface area contributed by atoms with Gasteiger partial charge in [-0.2, -0.15) is 13.9 Å². The number of fused-ring (bicyclic) bond motifs is 3. The maximum absolute atomic E-state index is 13.6. The van der Waals surface area contributed by atoms with Crippen LogP contribution in [0.15, 0.2) is 18.2 Å². The Morgan fingerprint density at radius 1 is 1.11 bits per heavy atom. The van der Waals surface area contributed by atoms with E-state index < -0.39 is 12.5 Å². The Hall–Kier alpha value is -2.79. The highest BCUT2D eigenvalue weighted by Gasteiger charge is 2.41. The van der Waals surface area contributed by atoms with Gasteiger partial charge in [0.15, 0.2) is 5.69 Å². The average molecular weight is 505 g/mol. The zero-order chi connectivity index (χ0) is 25.4. The molecular formula is C25H34F2N6O3. The summed E-state index contributed by atoms with van der Waals surface area (Å²) in [6.07, 6.45) is 3.92. The highest BCUT2D eigenvalue weighted by atomic mass is 19.3. The van der Waals surface area contributed by atoms with E-state index in [0.717, 1.165) is 65.0 Å². The number of halogens is 2. The highest BCUT2D eigenvalue weighted by Crippen LogP contribution is 2.36. The standard InChI is InChI=1S/C25H34F2N6O3/c1-16(34)31-10-7-30(8-11-31)9-12-32-18-3-4-19(32)14-17(13-18)28-24(35)23-21-6-5-20(36-2)15-22(21)33(29-23)25(26)27/h5-6,15,17-19,25H,3-4,7-14H2,1-2H3,(H,28,35)/t17-,18-,19+. The Labute approximate surface area is 209 Å². The SMILES string of the molecule is COc1ccc2c(C(=O)N[C@@H]3C[C@H]4CC[C@@H](C3)N4CCN3CCN(C(C)=O)CC3)nn(C(F)F)c2c1. The van der Waals surface area contributed by atoms with E-state index in [1.807, 2.05) is 4.90 Å². The second-order valence-electron chi connectivity index (χ2n) is 10.1. The first-order valence-corrected chi connectivity index (χ1v) is 12.7. The van der Waals surface area contributed by atoms with Crippen molar-refractivity contribution in [3.63, 3.8) is 0 Å². The van der Waals surface area contributed by atoms with Crippen LogP contribution in [0.2, 0.25) is 0 Å². The van der Waals surface area contributed by atoms with Gasteiger partial charge in [0, 0.05) is 75.8 Å². The summed E-state index contributed by atoms with van der Waals surface area (Å²) in [7, 11) is 1.47. The Morgan fingerprint density at radius 3 is 2.42 bits per heavy atom. The number of hydrogen-bond donors (Lipinski definition) is 1. The molecule has 196 valence electrons. The lowest BCUT2D eigenvalue weighted by atomic mass is 9.97. The van der Waals surface area contributed by atoms with Crippen molar-refractivity contribution in [2.24, 2.45) is 0 Å². The number of alkyl halides is 2. The van der Waals surface area contributed by atoms with Crippen LogP contribution >= 0.6 is 0 Å². The summed E-state index contributed by atoms with van der Waals surface area (Å²) in [5.74, 6) is 0.164. The molecule has 3 aliphatic heterocycles. The molecule has 9 nitrogen and oxygen atoms in total. The maximum atomic E-state index is 13.6. The molecule has 3 aliphatic rings. The molecule has 2 aromatic rings. The number of ether oxygens (including phenoxy) is 1. The van der Waals surface area contributed by atoms with Crippen molar-refractivity contribution in [2.45, 2.75) is 57.3 Å². The van der Waals surface area contributed by atoms with Gasteiger partial charge in [-0.15, -0.1) is 0 Å². The molecule has 2 amide bonds. The van der Waals surface area contributed by atoms with Crippen molar-refractivity contribution in [3.05, 3.63) is 23.9 Å². The van der Waals surface area contributed by atoms with Gasteiger partial charge in [0.25, 0.3) is 5.91 Å². The van der Waals surface area contributed by atoms with Crippen molar-refractivity contribution in [1.82, 2.24) is 29.8 Å². The number of nitrogens with one attached hydrogen (secondary N) is 1. The molecule has 1 aromatic carbocycles. The number of piperidine rings is 1. The first kappa shape index (κ1) is 24.9. The van der Waals surface area contributed by atoms with Gasteiger partial charge < -0.3 is 15.0 Å². The van der Waals surface area contributed by atoms with Crippen molar-refractivity contribution < 1.29 is 23.1 Å². The molecule has 3 saturated heterocycles. The lowest BCUT2D eigenvalue weighted by Crippen LogP contribution is -2.54. The lowest BCUT2D eigenvalue weighted by Gasteiger charge is -2.41. The van der Waals surface area contributed by atoms with Crippen LogP contribution in [0.4, 0.5) is 8.78 Å². The molecule has 1 aromatic heterocycles. The highest BCUT2D eigenvalue weighted by molar-refractivity contribution is 6.05. The van der Waals surface area contributed by atoms with Crippen molar-refractivity contribution in [2.75, 3.05) is 46.4 Å². The summed E-state index contributed by atoms with van der Waals surface area (Å²) in [6, 6.07) is 5.55. The van der Waals surface area contributed by atoms with Gasteiger partial charge in [-0.1, -0.05) is 0 Å². The fraction of sp³-hybridized carbons (Fsp3) is 0.640. The third-order valence-corrected chi connectivity index (χ3v) is 8.03. The number of rotatable bonds is 7. The van der Waals surface area contributed by atoms with Gasteiger partial charge >= 0.3 is 6.55 Å². The fourth-order valence-corrected chi connectivity index (χ4v) is 6.11. The Kier molecular flexibility index (Phi) is 7.11. The molecule has 0 saturated carbocycles. The predicted molar refractivity (Wildman–Crippen MR) is 130 cm³/mol. The number of amides is 2. The Bertz CT molecular complexity index is 1100. The van der Waals surface area contributed by atoms with Crippen molar-refractivity contribution >= 4 is 22.7 Å². The lowest BCUT2D eigenvalue weighted by molar-refractivity contribution is -0.130. The van der Waals surface area contributed by atoms with Gasteiger partial charge in [0.2, 0.25) is 5.91 Å². The molecule has 3 fully saturated rings. The second kappa shape index (κ2) is 10.3. The van der Waals surface area contributed by atoms with Gasteiger partial charge in [-0.3, -0.25) is 19.4 Å². The van der Waals surface area contributed by atoms with Crippen LogP contribution in [0.1, 0.15) is 49.6 Å². The molecule has 5 rings (SSSR count).